The predicted molar refractivity (Wildman–Crippen MR) is 108 cm³/mol. The lowest BCUT2D eigenvalue weighted by Gasteiger charge is -2.03. The Morgan fingerprint density at radius 1 is 0.692 bits per heavy atom. The number of thiazole rings is 2. The van der Waals surface area contributed by atoms with Crippen molar-refractivity contribution < 1.29 is 4.79 Å². The van der Waals surface area contributed by atoms with E-state index in [0.717, 1.165) is 30.9 Å². The summed E-state index contributed by atoms with van der Waals surface area (Å²) in [6, 6.07) is 19.9. The molecule has 5 heteroatoms. The van der Waals surface area contributed by atoms with E-state index in [4.69, 9.17) is 0 Å². The van der Waals surface area contributed by atoms with Gasteiger partial charge in [-0.3, -0.25) is 4.79 Å². The van der Waals surface area contributed by atoms with Crippen molar-refractivity contribution in [3.8, 4) is 20.9 Å². The van der Waals surface area contributed by atoms with Crippen LogP contribution in [-0.4, -0.2) is 15.8 Å². The molecule has 0 radical (unpaired) electrons. The minimum atomic E-state index is -0.114. The molecule has 0 aliphatic heterocycles. The smallest absolute Gasteiger partial charge is 0.232 e. The van der Waals surface area contributed by atoms with Crippen LogP contribution >= 0.6 is 22.7 Å². The molecule has 2 heterocycles. The fourth-order valence-corrected chi connectivity index (χ4v) is 4.69. The maximum absolute atomic E-state index is 13.3. The van der Waals surface area contributed by atoms with Crippen molar-refractivity contribution >= 4 is 28.5 Å². The van der Waals surface area contributed by atoms with E-state index in [1.807, 2.05) is 74.5 Å². The van der Waals surface area contributed by atoms with Crippen LogP contribution in [0.3, 0.4) is 0 Å². The molecule has 0 N–H and O–H groups in total. The van der Waals surface area contributed by atoms with Crippen LogP contribution in [0.4, 0.5) is 0 Å². The molecular weight excluding hydrogens is 360 g/mol. The van der Waals surface area contributed by atoms with Gasteiger partial charge in [0.2, 0.25) is 5.78 Å². The quantitative estimate of drug-likeness (QED) is 0.424. The Labute approximate surface area is 160 Å². The van der Waals surface area contributed by atoms with Crippen LogP contribution in [0.25, 0.3) is 20.9 Å². The fourth-order valence-electron chi connectivity index (χ4n) is 2.84. The first-order valence-electron chi connectivity index (χ1n) is 8.24. The van der Waals surface area contributed by atoms with E-state index in [2.05, 4.69) is 9.97 Å². The van der Waals surface area contributed by atoms with E-state index in [-0.39, 0.29) is 5.78 Å². The average Bonchev–Trinajstić information content (AvgIpc) is 3.25. The number of nitrogens with zero attached hydrogens (tertiary/aromatic N) is 2. The molecule has 0 aliphatic carbocycles. The highest BCUT2D eigenvalue weighted by molar-refractivity contribution is 7.16. The summed E-state index contributed by atoms with van der Waals surface area (Å²) in [6.45, 7) is 3.86. The van der Waals surface area contributed by atoms with E-state index in [0.29, 0.717) is 11.4 Å². The minimum Gasteiger partial charge on any atom is -0.285 e. The van der Waals surface area contributed by atoms with Gasteiger partial charge in [0.25, 0.3) is 0 Å². The molecule has 3 nitrogen and oxygen atoms in total. The fraction of sp³-hybridized carbons (Fsp3) is 0.0952. The second-order valence-corrected chi connectivity index (χ2v) is 8.29. The number of aromatic nitrogens is 2. The Balaban J connectivity index is 1.84. The Kier molecular flexibility index (Phi) is 4.49. The van der Waals surface area contributed by atoms with E-state index in [1.165, 1.54) is 0 Å². The van der Waals surface area contributed by atoms with Crippen molar-refractivity contribution in [1.29, 1.82) is 0 Å². The summed E-state index contributed by atoms with van der Waals surface area (Å²) in [5.74, 6) is -0.114. The Hall–Kier alpha value is -2.63. The zero-order chi connectivity index (χ0) is 18.1. The number of carbonyl (C=O) groups is 1. The molecule has 0 atom stereocenters. The number of hydrogen-bond acceptors (Lipinski definition) is 5. The summed E-state index contributed by atoms with van der Waals surface area (Å²) in [7, 11) is 0. The molecule has 128 valence electrons. The standard InChI is InChI=1S/C21H16N2OS2/c1-13-22-17(20(25-13)15-9-5-3-6-10-15)19(24)18-21(26-14(2)23-18)16-11-7-4-8-12-16/h3-12H,1-2H3. The topological polar surface area (TPSA) is 42.9 Å². The van der Waals surface area contributed by atoms with Gasteiger partial charge < -0.3 is 0 Å². The molecule has 0 fully saturated rings. The molecule has 0 spiro atoms. The summed E-state index contributed by atoms with van der Waals surface area (Å²) in [5, 5.41) is 1.75. The maximum Gasteiger partial charge on any atom is 0.232 e. The monoisotopic (exact) mass is 376 g/mol. The first-order chi connectivity index (χ1) is 12.6. The summed E-state index contributed by atoms with van der Waals surface area (Å²) >= 11 is 3.09. The third-order valence-electron chi connectivity index (χ3n) is 3.97. The van der Waals surface area contributed by atoms with E-state index in [9.17, 15) is 4.79 Å². The SMILES string of the molecule is Cc1nc(C(=O)c2nc(C)sc2-c2ccccc2)c(-c2ccccc2)s1. The molecule has 0 saturated carbocycles. The second-order valence-electron chi connectivity index (χ2n) is 5.88. The number of carbonyl (C=O) groups excluding carboxylic acids is 1. The largest absolute Gasteiger partial charge is 0.285 e. The zero-order valence-electron chi connectivity index (χ0n) is 14.4. The number of ketones is 1. The third kappa shape index (κ3) is 3.11. The molecule has 0 aliphatic rings. The van der Waals surface area contributed by atoms with Crippen LogP contribution < -0.4 is 0 Å². The Bertz CT molecular complexity index is 980. The van der Waals surface area contributed by atoms with Gasteiger partial charge in [0.1, 0.15) is 11.4 Å². The molecule has 0 amide bonds. The van der Waals surface area contributed by atoms with Crippen molar-refractivity contribution in [2.45, 2.75) is 13.8 Å². The highest BCUT2D eigenvalue weighted by Crippen LogP contribution is 2.35. The van der Waals surface area contributed by atoms with Gasteiger partial charge in [0.05, 0.1) is 19.8 Å². The second kappa shape index (κ2) is 6.94. The van der Waals surface area contributed by atoms with Gasteiger partial charge in [0.15, 0.2) is 0 Å². The van der Waals surface area contributed by atoms with Gasteiger partial charge in [0, 0.05) is 0 Å². The molecule has 2 aromatic carbocycles. The lowest BCUT2D eigenvalue weighted by atomic mass is 10.1. The molecular formula is C21H16N2OS2. The number of rotatable bonds is 4. The first-order valence-corrected chi connectivity index (χ1v) is 9.87. The maximum atomic E-state index is 13.3. The number of benzene rings is 2. The molecule has 0 saturated heterocycles. The van der Waals surface area contributed by atoms with Gasteiger partial charge >= 0.3 is 0 Å². The molecule has 4 aromatic rings. The van der Waals surface area contributed by atoms with Crippen LogP contribution in [0.1, 0.15) is 26.2 Å². The summed E-state index contributed by atoms with van der Waals surface area (Å²) in [6.07, 6.45) is 0. The normalized spacial score (nSPS) is 10.8. The highest BCUT2D eigenvalue weighted by atomic mass is 32.1. The number of hydrogen-bond donors (Lipinski definition) is 0. The molecule has 0 unspecified atom stereocenters. The lowest BCUT2D eigenvalue weighted by molar-refractivity contribution is 0.103. The Morgan fingerprint density at radius 2 is 1.08 bits per heavy atom. The van der Waals surface area contributed by atoms with Crippen molar-refractivity contribution in [1.82, 2.24) is 9.97 Å². The van der Waals surface area contributed by atoms with Crippen LogP contribution in [0.15, 0.2) is 60.7 Å². The lowest BCUT2D eigenvalue weighted by Crippen LogP contribution is -2.06. The van der Waals surface area contributed by atoms with Crippen molar-refractivity contribution in [2.24, 2.45) is 0 Å². The third-order valence-corrected chi connectivity index (χ3v) is 6.01. The molecule has 2 aromatic heterocycles. The molecule has 26 heavy (non-hydrogen) atoms. The van der Waals surface area contributed by atoms with Gasteiger partial charge in [-0.05, 0) is 25.0 Å². The van der Waals surface area contributed by atoms with Crippen molar-refractivity contribution in [3.63, 3.8) is 0 Å². The van der Waals surface area contributed by atoms with E-state index < -0.39 is 0 Å². The highest BCUT2D eigenvalue weighted by Gasteiger charge is 2.25. The Morgan fingerprint density at radius 3 is 1.46 bits per heavy atom. The predicted octanol–water partition coefficient (Wildman–Crippen LogP) is 5.78. The van der Waals surface area contributed by atoms with Crippen LogP contribution in [0.5, 0.6) is 0 Å². The van der Waals surface area contributed by atoms with Gasteiger partial charge in [-0.15, -0.1) is 22.7 Å². The van der Waals surface area contributed by atoms with Crippen LogP contribution in [0, 0.1) is 13.8 Å². The van der Waals surface area contributed by atoms with E-state index in [1.54, 1.807) is 22.7 Å². The van der Waals surface area contributed by atoms with Crippen molar-refractivity contribution in [2.75, 3.05) is 0 Å². The summed E-state index contributed by atoms with van der Waals surface area (Å²) in [5.41, 5.74) is 2.99. The van der Waals surface area contributed by atoms with Gasteiger partial charge in [-0.25, -0.2) is 9.97 Å². The van der Waals surface area contributed by atoms with E-state index >= 15 is 0 Å². The van der Waals surface area contributed by atoms with Gasteiger partial charge in [-0.2, -0.15) is 0 Å². The van der Waals surface area contributed by atoms with Crippen molar-refractivity contribution in [3.05, 3.63) is 82.1 Å². The van der Waals surface area contributed by atoms with Gasteiger partial charge in [-0.1, -0.05) is 60.7 Å². The van der Waals surface area contributed by atoms with Crippen LogP contribution in [0.2, 0.25) is 0 Å². The van der Waals surface area contributed by atoms with Crippen LogP contribution in [-0.2, 0) is 0 Å². The minimum absolute atomic E-state index is 0.114. The first kappa shape index (κ1) is 16.8. The molecule has 4 rings (SSSR count). The average molecular weight is 377 g/mol. The number of aryl methyl sites for hydroxylation is 2. The summed E-state index contributed by atoms with van der Waals surface area (Å²) in [4.78, 5) is 24.2. The zero-order valence-corrected chi connectivity index (χ0v) is 16.0. The molecule has 0 bridgehead atoms. The summed E-state index contributed by atoms with van der Waals surface area (Å²) < 4.78 is 0.